The Morgan fingerprint density at radius 1 is 1.46 bits per heavy atom. The summed E-state index contributed by atoms with van der Waals surface area (Å²) in [5.74, 6) is 0.159. The lowest BCUT2D eigenvalue weighted by atomic mass is 9.99. The number of nitrogens with one attached hydrogen (secondary N) is 1. The molecule has 0 radical (unpaired) electrons. The first kappa shape index (κ1) is 19.0. The van der Waals surface area contributed by atoms with E-state index in [4.69, 9.17) is 4.52 Å². The van der Waals surface area contributed by atoms with Crippen molar-refractivity contribution < 1.29 is 17.7 Å². The van der Waals surface area contributed by atoms with E-state index in [0.717, 1.165) is 16.3 Å². The van der Waals surface area contributed by atoms with Crippen LogP contribution in [-0.2, 0) is 21.4 Å². The van der Waals surface area contributed by atoms with Gasteiger partial charge in [-0.3, -0.25) is 4.79 Å². The van der Waals surface area contributed by atoms with Crippen LogP contribution in [-0.4, -0.2) is 48.1 Å². The number of carbonyl (C=O) groups excluding carboxylic acids is 1. The van der Waals surface area contributed by atoms with Gasteiger partial charge >= 0.3 is 0 Å². The quantitative estimate of drug-likeness (QED) is 0.756. The predicted molar refractivity (Wildman–Crippen MR) is 98.4 cm³/mol. The van der Waals surface area contributed by atoms with Crippen molar-refractivity contribution in [3.63, 3.8) is 0 Å². The molecule has 1 aromatic carbocycles. The lowest BCUT2D eigenvalue weighted by Gasteiger charge is -2.29. The van der Waals surface area contributed by atoms with Crippen molar-refractivity contribution in [2.75, 3.05) is 19.3 Å². The number of rotatable bonds is 5. The van der Waals surface area contributed by atoms with Crippen LogP contribution in [0, 0.1) is 5.92 Å². The number of piperidine rings is 1. The Labute approximate surface area is 160 Å². The van der Waals surface area contributed by atoms with Crippen LogP contribution in [0.4, 0.5) is 0 Å². The van der Waals surface area contributed by atoms with E-state index in [9.17, 15) is 13.2 Å². The number of benzene rings is 1. The summed E-state index contributed by atoms with van der Waals surface area (Å²) in [6, 6.07) is 7.50. The minimum absolute atomic E-state index is 0.106. The van der Waals surface area contributed by atoms with E-state index in [0.29, 0.717) is 31.1 Å². The molecule has 0 unspecified atom stereocenters. The van der Waals surface area contributed by atoms with Gasteiger partial charge < -0.3 is 9.84 Å². The van der Waals surface area contributed by atoms with Gasteiger partial charge in [0.25, 0.3) is 0 Å². The van der Waals surface area contributed by atoms with Gasteiger partial charge in [0.05, 0.1) is 18.7 Å². The van der Waals surface area contributed by atoms with Gasteiger partial charge in [-0.1, -0.05) is 33.2 Å². The fraction of sp³-hybridized carbons (Fsp3) is 0.438. The molecule has 1 N–H and O–H groups in total. The molecule has 140 valence electrons. The monoisotopic (exact) mass is 442 g/mol. The first-order chi connectivity index (χ1) is 12.3. The van der Waals surface area contributed by atoms with Gasteiger partial charge in [-0.15, -0.1) is 0 Å². The summed E-state index contributed by atoms with van der Waals surface area (Å²) >= 11 is 3.39. The average Bonchev–Trinajstić information content (AvgIpc) is 3.08. The molecule has 0 aliphatic carbocycles. The molecule has 1 saturated heterocycles. The van der Waals surface area contributed by atoms with Crippen molar-refractivity contribution >= 4 is 31.9 Å². The number of hydrogen-bond donors (Lipinski definition) is 1. The van der Waals surface area contributed by atoms with Crippen LogP contribution < -0.4 is 5.32 Å². The molecule has 1 aliphatic rings. The van der Waals surface area contributed by atoms with Crippen molar-refractivity contribution in [1.29, 1.82) is 0 Å². The summed E-state index contributed by atoms with van der Waals surface area (Å²) < 4.78 is 30.7. The summed E-state index contributed by atoms with van der Waals surface area (Å²) in [6.07, 6.45) is 2.49. The molecular weight excluding hydrogens is 424 g/mol. The van der Waals surface area contributed by atoms with E-state index in [1.54, 1.807) is 0 Å². The van der Waals surface area contributed by atoms with Crippen LogP contribution in [0.3, 0.4) is 0 Å². The molecule has 0 saturated carbocycles. The minimum Gasteiger partial charge on any atom is -0.347 e. The Bertz CT molecular complexity index is 899. The fourth-order valence-electron chi connectivity index (χ4n) is 2.84. The van der Waals surface area contributed by atoms with Gasteiger partial charge in [0.2, 0.25) is 27.6 Å². The fourth-order valence-corrected chi connectivity index (χ4v) is 4.15. The summed E-state index contributed by atoms with van der Waals surface area (Å²) in [6.45, 7) is 0.773. The zero-order chi connectivity index (χ0) is 18.7. The third-order valence-electron chi connectivity index (χ3n) is 4.19. The van der Waals surface area contributed by atoms with Crippen molar-refractivity contribution in [3.05, 3.63) is 34.6 Å². The number of amides is 1. The molecule has 26 heavy (non-hydrogen) atoms. The molecule has 10 heteroatoms. The van der Waals surface area contributed by atoms with Gasteiger partial charge in [-0.2, -0.15) is 4.98 Å². The van der Waals surface area contributed by atoms with E-state index in [-0.39, 0.29) is 24.9 Å². The molecule has 2 heterocycles. The van der Waals surface area contributed by atoms with Crippen LogP contribution in [0.2, 0.25) is 0 Å². The normalized spacial score (nSPS) is 18.6. The smallest absolute Gasteiger partial charge is 0.246 e. The maximum Gasteiger partial charge on any atom is 0.246 e. The Morgan fingerprint density at radius 2 is 2.27 bits per heavy atom. The largest absolute Gasteiger partial charge is 0.347 e. The molecule has 2 aromatic rings. The topological polar surface area (TPSA) is 105 Å². The number of nitrogens with zero attached hydrogens (tertiary/aromatic N) is 3. The maximum atomic E-state index is 12.3. The molecule has 1 fully saturated rings. The van der Waals surface area contributed by atoms with Crippen LogP contribution in [0.5, 0.6) is 0 Å². The molecule has 1 aromatic heterocycles. The van der Waals surface area contributed by atoms with Crippen molar-refractivity contribution in [2.24, 2.45) is 5.92 Å². The van der Waals surface area contributed by atoms with Gasteiger partial charge in [0.1, 0.15) is 0 Å². The Morgan fingerprint density at radius 3 is 3.00 bits per heavy atom. The summed E-state index contributed by atoms with van der Waals surface area (Å²) in [5.41, 5.74) is 0.803. The van der Waals surface area contributed by atoms with E-state index in [1.807, 2.05) is 24.3 Å². The molecule has 1 amide bonds. The standard InChI is InChI=1S/C16H19BrN4O4S/c1-26(23,24)21-7-3-5-12(10-21)16(22)18-9-14-19-15(20-25-14)11-4-2-6-13(17)8-11/h2,4,6,8,12H,3,5,7,9-10H2,1H3,(H,18,22)/t12-/m1/s1. The van der Waals surface area contributed by atoms with E-state index < -0.39 is 10.0 Å². The van der Waals surface area contributed by atoms with Crippen LogP contribution >= 0.6 is 15.9 Å². The second kappa shape index (κ2) is 7.85. The minimum atomic E-state index is -3.28. The Hall–Kier alpha value is -1.78. The SMILES string of the molecule is CS(=O)(=O)N1CCC[C@@H](C(=O)NCc2nc(-c3cccc(Br)c3)no2)C1. The highest BCUT2D eigenvalue weighted by atomic mass is 79.9. The zero-order valence-electron chi connectivity index (χ0n) is 14.2. The first-order valence-electron chi connectivity index (χ1n) is 8.14. The van der Waals surface area contributed by atoms with Gasteiger partial charge in [0.15, 0.2) is 0 Å². The molecule has 1 aliphatic heterocycles. The van der Waals surface area contributed by atoms with Crippen molar-refractivity contribution in [2.45, 2.75) is 19.4 Å². The van der Waals surface area contributed by atoms with Gasteiger partial charge in [-0.25, -0.2) is 12.7 Å². The zero-order valence-corrected chi connectivity index (χ0v) is 16.6. The average molecular weight is 443 g/mol. The van der Waals surface area contributed by atoms with Crippen LogP contribution in [0.15, 0.2) is 33.3 Å². The highest BCUT2D eigenvalue weighted by molar-refractivity contribution is 9.10. The molecule has 3 rings (SSSR count). The third-order valence-corrected chi connectivity index (χ3v) is 5.95. The molecule has 1 atom stereocenters. The second-order valence-corrected chi connectivity index (χ2v) is 9.10. The summed E-state index contributed by atoms with van der Waals surface area (Å²) in [4.78, 5) is 16.6. The van der Waals surface area contributed by atoms with E-state index in [1.165, 1.54) is 4.31 Å². The molecule has 8 nitrogen and oxygen atoms in total. The molecule has 0 spiro atoms. The maximum absolute atomic E-state index is 12.3. The number of aromatic nitrogens is 2. The summed E-state index contributed by atoms with van der Waals surface area (Å²) in [7, 11) is -3.28. The van der Waals surface area contributed by atoms with Crippen LogP contribution in [0.1, 0.15) is 18.7 Å². The molecule has 0 bridgehead atoms. The Kier molecular flexibility index (Phi) is 5.73. The van der Waals surface area contributed by atoms with Crippen molar-refractivity contribution in [3.8, 4) is 11.4 Å². The van der Waals surface area contributed by atoms with E-state index >= 15 is 0 Å². The first-order valence-corrected chi connectivity index (χ1v) is 10.8. The molecular formula is C16H19BrN4O4S. The lowest BCUT2D eigenvalue weighted by Crippen LogP contribution is -2.44. The van der Waals surface area contributed by atoms with Gasteiger partial charge in [0, 0.05) is 23.1 Å². The van der Waals surface area contributed by atoms with E-state index in [2.05, 4.69) is 31.4 Å². The number of halogens is 1. The van der Waals surface area contributed by atoms with Gasteiger partial charge in [-0.05, 0) is 25.0 Å². The Balaban J connectivity index is 1.58. The number of carbonyl (C=O) groups is 1. The number of hydrogen-bond acceptors (Lipinski definition) is 6. The van der Waals surface area contributed by atoms with Crippen molar-refractivity contribution in [1.82, 2.24) is 19.8 Å². The number of sulfonamides is 1. The summed E-state index contributed by atoms with van der Waals surface area (Å²) in [5, 5.41) is 6.67. The predicted octanol–water partition coefficient (Wildman–Crippen LogP) is 1.79. The van der Waals surface area contributed by atoms with Crippen LogP contribution in [0.25, 0.3) is 11.4 Å². The second-order valence-electron chi connectivity index (χ2n) is 6.20. The highest BCUT2D eigenvalue weighted by Gasteiger charge is 2.30. The lowest BCUT2D eigenvalue weighted by molar-refractivity contribution is -0.126. The highest BCUT2D eigenvalue weighted by Crippen LogP contribution is 2.21. The third kappa shape index (κ3) is 4.68.